The maximum Gasteiger partial charge on any atom is 0.216 e. The predicted octanol–water partition coefficient (Wildman–Crippen LogP) is 3.65. The van der Waals surface area contributed by atoms with E-state index in [4.69, 9.17) is 4.42 Å². The normalized spacial score (nSPS) is 11.0. The van der Waals surface area contributed by atoms with Gasteiger partial charge in [0.05, 0.1) is 0 Å². The fourth-order valence-corrected chi connectivity index (χ4v) is 1.80. The van der Waals surface area contributed by atoms with E-state index in [1.54, 1.807) is 43.3 Å². The molecule has 3 nitrogen and oxygen atoms in total. The molecular formula is C14H10FNO2. The van der Waals surface area contributed by atoms with Crippen molar-refractivity contribution >= 4 is 11.0 Å². The molecule has 0 bridgehead atoms. The first-order valence-corrected chi connectivity index (χ1v) is 5.49. The standard InChI is InChI=1S/C14H10FNO2/c1-8-2-4-11(16-14(8)15)13-7-9-6-10(17)3-5-12(9)18-13/h2-7,17H,1H3. The Hall–Kier alpha value is -2.36. The number of phenols is 1. The molecule has 0 saturated carbocycles. The third kappa shape index (κ3) is 1.72. The zero-order valence-electron chi connectivity index (χ0n) is 9.64. The van der Waals surface area contributed by atoms with Crippen LogP contribution in [-0.4, -0.2) is 10.1 Å². The van der Waals surface area contributed by atoms with E-state index < -0.39 is 5.95 Å². The molecular weight excluding hydrogens is 233 g/mol. The van der Waals surface area contributed by atoms with Crippen molar-refractivity contribution in [3.05, 3.63) is 47.9 Å². The lowest BCUT2D eigenvalue weighted by atomic mass is 10.2. The zero-order chi connectivity index (χ0) is 12.7. The fraction of sp³-hybridized carbons (Fsp3) is 0.0714. The van der Waals surface area contributed by atoms with Gasteiger partial charge in [0.1, 0.15) is 17.0 Å². The van der Waals surface area contributed by atoms with Crippen LogP contribution >= 0.6 is 0 Å². The van der Waals surface area contributed by atoms with E-state index in [0.717, 1.165) is 5.39 Å². The molecule has 0 unspecified atom stereocenters. The first kappa shape index (κ1) is 10.8. The molecule has 0 radical (unpaired) electrons. The number of halogens is 1. The van der Waals surface area contributed by atoms with Gasteiger partial charge in [-0.05, 0) is 37.3 Å². The van der Waals surface area contributed by atoms with Crippen molar-refractivity contribution < 1.29 is 13.9 Å². The van der Waals surface area contributed by atoms with Crippen LogP contribution in [0.4, 0.5) is 4.39 Å². The first-order valence-electron chi connectivity index (χ1n) is 5.49. The van der Waals surface area contributed by atoms with Crippen LogP contribution in [0.15, 0.2) is 40.8 Å². The van der Waals surface area contributed by atoms with Crippen molar-refractivity contribution in [1.82, 2.24) is 4.98 Å². The summed E-state index contributed by atoms with van der Waals surface area (Å²) < 4.78 is 19.0. The number of phenolic OH excluding ortho intramolecular Hbond substituents is 1. The van der Waals surface area contributed by atoms with E-state index in [9.17, 15) is 9.50 Å². The van der Waals surface area contributed by atoms with E-state index in [-0.39, 0.29) is 5.75 Å². The maximum absolute atomic E-state index is 13.4. The van der Waals surface area contributed by atoms with Crippen LogP contribution in [0, 0.1) is 12.9 Å². The highest BCUT2D eigenvalue weighted by Gasteiger charge is 2.09. The molecule has 3 rings (SSSR count). The number of aromatic hydroxyl groups is 1. The van der Waals surface area contributed by atoms with Crippen LogP contribution in [0.5, 0.6) is 5.75 Å². The summed E-state index contributed by atoms with van der Waals surface area (Å²) in [5, 5.41) is 10.1. The molecule has 2 heterocycles. The lowest BCUT2D eigenvalue weighted by Crippen LogP contribution is -1.89. The molecule has 0 atom stereocenters. The van der Waals surface area contributed by atoms with Crippen LogP contribution in [0.1, 0.15) is 5.56 Å². The Morgan fingerprint density at radius 3 is 2.78 bits per heavy atom. The Morgan fingerprint density at radius 1 is 1.17 bits per heavy atom. The maximum atomic E-state index is 13.4. The van der Waals surface area contributed by atoms with Gasteiger partial charge < -0.3 is 9.52 Å². The molecule has 90 valence electrons. The van der Waals surface area contributed by atoms with Crippen LogP contribution in [0.25, 0.3) is 22.4 Å². The minimum Gasteiger partial charge on any atom is -0.508 e. The third-order valence-corrected chi connectivity index (χ3v) is 2.79. The van der Waals surface area contributed by atoms with Gasteiger partial charge in [-0.1, -0.05) is 6.07 Å². The van der Waals surface area contributed by atoms with Gasteiger partial charge in [0.15, 0.2) is 5.76 Å². The van der Waals surface area contributed by atoms with E-state index in [2.05, 4.69) is 4.98 Å². The number of aryl methyl sites for hydroxylation is 1. The van der Waals surface area contributed by atoms with Crippen molar-refractivity contribution in [2.24, 2.45) is 0 Å². The number of furan rings is 1. The van der Waals surface area contributed by atoms with Gasteiger partial charge in [0, 0.05) is 10.9 Å². The van der Waals surface area contributed by atoms with Gasteiger partial charge in [0.2, 0.25) is 5.95 Å². The van der Waals surface area contributed by atoms with Gasteiger partial charge >= 0.3 is 0 Å². The summed E-state index contributed by atoms with van der Waals surface area (Å²) in [6, 6.07) is 9.88. The Balaban J connectivity index is 2.16. The van der Waals surface area contributed by atoms with Crippen LogP contribution < -0.4 is 0 Å². The minimum atomic E-state index is -0.504. The number of fused-ring (bicyclic) bond motifs is 1. The highest BCUT2D eigenvalue weighted by Crippen LogP contribution is 2.29. The number of hydrogen-bond acceptors (Lipinski definition) is 3. The summed E-state index contributed by atoms with van der Waals surface area (Å²) in [5.74, 6) is 0.142. The summed E-state index contributed by atoms with van der Waals surface area (Å²) in [7, 11) is 0. The van der Waals surface area contributed by atoms with Crippen molar-refractivity contribution in [2.75, 3.05) is 0 Å². The first-order chi connectivity index (χ1) is 8.63. The van der Waals surface area contributed by atoms with Gasteiger partial charge in [-0.2, -0.15) is 4.39 Å². The number of hydrogen-bond donors (Lipinski definition) is 1. The van der Waals surface area contributed by atoms with Crippen LogP contribution in [-0.2, 0) is 0 Å². The fourth-order valence-electron chi connectivity index (χ4n) is 1.80. The number of benzene rings is 1. The van der Waals surface area contributed by atoms with E-state index >= 15 is 0 Å². The molecule has 0 aliphatic heterocycles. The second kappa shape index (κ2) is 3.84. The van der Waals surface area contributed by atoms with Crippen molar-refractivity contribution in [3.8, 4) is 17.2 Å². The van der Waals surface area contributed by atoms with Crippen molar-refractivity contribution in [3.63, 3.8) is 0 Å². The summed E-state index contributed by atoms with van der Waals surface area (Å²) in [5.41, 5.74) is 1.56. The highest BCUT2D eigenvalue weighted by molar-refractivity contribution is 5.83. The molecule has 2 aromatic heterocycles. The Kier molecular flexibility index (Phi) is 2.30. The second-order valence-electron chi connectivity index (χ2n) is 4.14. The van der Waals surface area contributed by atoms with Crippen molar-refractivity contribution in [2.45, 2.75) is 6.92 Å². The molecule has 4 heteroatoms. The smallest absolute Gasteiger partial charge is 0.216 e. The van der Waals surface area contributed by atoms with Gasteiger partial charge in [-0.15, -0.1) is 0 Å². The molecule has 0 aliphatic carbocycles. The largest absolute Gasteiger partial charge is 0.508 e. The van der Waals surface area contributed by atoms with Gasteiger partial charge in [0.25, 0.3) is 0 Å². The Bertz CT molecular complexity index is 734. The van der Waals surface area contributed by atoms with E-state index in [1.165, 1.54) is 0 Å². The number of rotatable bonds is 1. The average molecular weight is 243 g/mol. The molecule has 0 amide bonds. The quantitative estimate of drug-likeness (QED) is 0.663. The van der Waals surface area contributed by atoms with Crippen LogP contribution in [0.3, 0.4) is 0 Å². The molecule has 3 aromatic rings. The Morgan fingerprint density at radius 2 is 2.00 bits per heavy atom. The average Bonchev–Trinajstić information content (AvgIpc) is 2.75. The summed E-state index contributed by atoms with van der Waals surface area (Å²) in [6.07, 6.45) is 0. The second-order valence-corrected chi connectivity index (χ2v) is 4.14. The van der Waals surface area contributed by atoms with Gasteiger partial charge in [-0.25, -0.2) is 4.98 Å². The summed E-state index contributed by atoms with van der Waals surface area (Å²) >= 11 is 0. The number of nitrogens with zero attached hydrogens (tertiary/aromatic N) is 1. The summed E-state index contributed by atoms with van der Waals surface area (Å²) in [4.78, 5) is 3.84. The highest BCUT2D eigenvalue weighted by atomic mass is 19.1. The predicted molar refractivity (Wildman–Crippen MR) is 65.8 cm³/mol. The molecule has 1 N–H and O–H groups in total. The van der Waals surface area contributed by atoms with Gasteiger partial charge in [-0.3, -0.25) is 0 Å². The molecule has 0 fully saturated rings. The summed E-state index contributed by atoms with van der Waals surface area (Å²) in [6.45, 7) is 1.66. The number of pyridine rings is 1. The SMILES string of the molecule is Cc1ccc(-c2cc3cc(O)ccc3o2)nc1F. The van der Waals surface area contributed by atoms with E-state index in [0.29, 0.717) is 22.6 Å². The van der Waals surface area contributed by atoms with Crippen molar-refractivity contribution in [1.29, 1.82) is 0 Å². The molecule has 0 spiro atoms. The van der Waals surface area contributed by atoms with Crippen LogP contribution in [0.2, 0.25) is 0 Å². The topological polar surface area (TPSA) is 46.3 Å². The zero-order valence-corrected chi connectivity index (χ0v) is 9.64. The lowest BCUT2D eigenvalue weighted by molar-refractivity contribution is 0.476. The molecule has 18 heavy (non-hydrogen) atoms. The lowest BCUT2D eigenvalue weighted by Gasteiger charge is -1.98. The molecule has 1 aromatic carbocycles. The monoisotopic (exact) mass is 243 g/mol. The minimum absolute atomic E-state index is 0.165. The molecule has 0 saturated heterocycles. The Labute approximate surface area is 103 Å². The third-order valence-electron chi connectivity index (χ3n) is 2.79. The number of aromatic nitrogens is 1. The molecule has 0 aliphatic rings. The van der Waals surface area contributed by atoms with E-state index in [1.807, 2.05) is 0 Å².